The van der Waals surface area contributed by atoms with E-state index in [4.69, 9.17) is 0 Å². The molecular formula is C10H17NO2S. The summed E-state index contributed by atoms with van der Waals surface area (Å²) in [6.45, 7) is 1.96. The van der Waals surface area contributed by atoms with Crippen LogP contribution in [0, 0.1) is 0 Å². The molecule has 1 saturated heterocycles. The molecule has 0 aromatic heterocycles. The number of hydrogen-bond acceptors (Lipinski definition) is 3. The van der Waals surface area contributed by atoms with Gasteiger partial charge in [-0.1, -0.05) is 5.57 Å². The van der Waals surface area contributed by atoms with E-state index >= 15 is 0 Å². The lowest BCUT2D eigenvalue weighted by molar-refractivity contribution is 0.530. The minimum Gasteiger partial charge on any atom is -0.309 e. The number of nitrogens with one attached hydrogen (secondary N) is 1. The third kappa shape index (κ3) is 2.01. The van der Waals surface area contributed by atoms with Crippen LogP contribution in [0.3, 0.4) is 0 Å². The topological polar surface area (TPSA) is 46.2 Å². The van der Waals surface area contributed by atoms with Crippen LogP contribution in [0.25, 0.3) is 0 Å². The van der Waals surface area contributed by atoms with E-state index in [-0.39, 0.29) is 5.25 Å². The van der Waals surface area contributed by atoms with Crippen molar-refractivity contribution >= 4 is 9.84 Å². The summed E-state index contributed by atoms with van der Waals surface area (Å²) in [5.41, 5.74) is 2.86. The summed E-state index contributed by atoms with van der Waals surface area (Å²) in [5, 5.41) is 3.09. The highest BCUT2D eigenvalue weighted by atomic mass is 32.2. The minimum absolute atomic E-state index is 0.112. The maximum Gasteiger partial charge on any atom is 0.150 e. The van der Waals surface area contributed by atoms with Crippen molar-refractivity contribution in [2.75, 3.05) is 19.3 Å². The molecule has 3 nitrogen and oxygen atoms in total. The van der Waals surface area contributed by atoms with E-state index < -0.39 is 9.84 Å². The van der Waals surface area contributed by atoms with Crippen molar-refractivity contribution in [3.63, 3.8) is 0 Å². The average molecular weight is 215 g/mol. The van der Waals surface area contributed by atoms with Crippen molar-refractivity contribution in [1.82, 2.24) is 5.32 Å². The van der Waals surface area contributed by atoms with Crippen LogP contribution in [0.4, 0.5) is 0 Å². The van der Waals surface area contributed by atoms with Crippen LogP contribution < -0.4 is 5.32 Å². The zero-order valence-corrected chi connectivity index (χ0v) is 9.36. The monoisotopic (exact) mass is 215 g/mol. The van der Waals surface area contributed by atoms with Gasteiger partial charge in [-0.25, -0.2) is 8.42 Å². The van der Waals surface area contributed by atoms with E-state index in [0.717, 1.165) is 38.8 Å². The van der Waals surface area contributed by atoms with E-state index in [0.29, 0.717) is 0 Å². The lowest BCUT2D eigenvalue weighted by Crippen LogP contribution is -2.36. The highest BCUT2D eigenvalue weighted by Gasteiger charge is 2.27. The molecule has 2 rings (SSSR count). The molecule has 4 heteroatoms. The van der Waals surface area contributed by atoms with Crippen molar-refractivity contribution in [3.05, 3.63) is 11.1 Å². The van der Waals surface area contributed by atoms with E-state index in [2.05, 4.69) is 5.32 Å². The molecule has 2 aliphatic rings. The Morgan fingerprint density at radius 3 is 2.50 bits per heavy atom. The van der Waals surface area contributed by atoms with E-state index in [1.165, 1.54) is 17.4 Å². The van der Waals surface area contributed by atoms with Crippen LogP contribution in [-0.2, 0) is 9.84 Å². The van der Waals surface area contributed by atoms with Gasteiger partial charge in [0.25, 0.3) is 0 Å². The molecule has 0 radical (unpaired) electrons. The van der Waals surface area contributed by atoms with E-state index in [1.54, 1.807) is 0 Å². The minimum atomic E-state index is -2.83. The molecule has 14 heavy (non-hydrogen) atoms. The summed E-state index contributed by atoms with van der Waals surface area (Å²) in [4.78, 5) is 0. The maximum atomic E-state index is 11.4. The number of sulfone groups is 1. The summed E-state index contributed by atoms with van der Waals surface area (Å²) in [5.74, 6) is 0. The summed E-state index contributed by atoms with van der Waals surface area (Å²) >= 11 is 0. The van der Waals surface area contributed by atoms with Gasteiger partial charge in [0.15, 0.2) is 9.84 Å². The Morgan fingerprint density at radius 1 is 1.29 bits per heavy atom. The molecule has 1 saturated carbocycles. The highest BCUT2D eigenvalue weighted by Crippen LogP contribution is 2.30. The van der Waals surface area contributed by atoms with Crippen LogP contribution in [0.2, 0.25) is 0 Å². The lowest BCUT2D eigenvalue weighted by Gasteiger charge is -2.29. The summed E-state index contributed by atoms with van der Waals surface area (Å²) in [6.07, 6.45) is 5.16. The molecule has 0 spiro atoms. The Labute approximate surface area is 85.5 Å². The molecule has 0 aromatic carbocycles. The second-order valence-corrected chi connectivity index (χ2v) is 6.68. The van der Waals surface area contributed by atoms with Crippen LogP contribution >= 0.6 is 0 Å². The van der Waals surface area contributed by atoms with Gasteiger partial charge in [0.2, 0.25) is 0 Å². The molecule has 2 fully saturated rings. The normalized spacial score (nSPS) is 28.8. The van der Waals surface area contributed by atoms with Crippen molar-refractivity contribution in [2.24, 2.45) is 0 Å². The average Bonchev–Trinajstić information content (AvgIpc) is 2.00. The third-order valence-corrected chi connectivity index (χ3v) is 4.87. The molecule has 0 amide bonds. The first-order valence-corrected chi connectivity index (χ1v) is 7.12. The molecule has 0 aromatic rings. The lowest BCUT2D eigenvalue weighted by atomic mass is 9.88. The Morgan fingerprint density at radius 2 is 2.00 bits per heavy atom. The molecule has 1 aliphatic heterocycles. The van der Waals surface area contributed by atoms with Crippen LogP contribution in [0.1, 0.15) is 25.7 Å². The second-order valence-electron chi connectivity index (χ2n) is 4.36. The molecule has 1 heterocycles. The zero-order valence-electron chi connectivity index (χ0n) is 8.54. The Kier molecular flexibility index (Phi) is 2.66. The van der Waals surface area contributed by atoms with Gasteiger partial charge in [0.05, 0.1) is 5.25 Å². The van der Waals surface area contributed by atoms with Gasteiger partial charge in [-0.2, -0.15) is 0 Å². The predicted molar refractivity (Wildman–Crippen MR) is 57.0 cm³/mol. The van der Waals surface area contributed by atoms with E-state index in [1.807, 2.05) is 0 Å². The van der Waals surface area contributed by atoms with Gasteiger partial charge in [0, 0.05) is 19.3 Å². The SMILES string of the molecule is CS(=O)(=O)C1CCCC(=C2CNC2)C1. The van der Waals surface area contributed by atoms with Gasteiger partial charge < -0.3 is 5.32 Å². The molecule has 1 atom stereocenters. The first-order valence-electron chi connectivity index (χ1n) is 5.17. The Balaban J connectivity index is 2.12. The summed E-state index contributed by atoms with van der Waals surface area (Å²) in [7, 11) is -2.83. The first-order chi connectivity index (χ1) is 6.57. The quantitative estimate of drug-likeness (QED) is 0.660. The molecule has 1 unspecified atom stereocenters. The van der Waals surface area contributed by atoms with Crippen molar-refractivity contribution in [3.8, 4) is 0 Å². The fraction of sp³-hybridized carbons (Fsp3) is 0.800. The van der Waals surface area contributed by atoms with E-state index in [9.17, 15) is 8.42 Å². The van der Waals surface area contributed by atoms with Gasteiger partial charge in [0.1, 0.15) is 0 Å². The Bertz CT molecular complexity index is 350. The van der Waals surface area contributed by atoms with Gasteiger partial charge in [-0.3, -0.25) is 0 Å². The van der Waals surface area contributed by atoms with Crippen LogP contribution in [0.5, 0.6) is 0 Å². The van der Waals surface area contributed by atoms with Crippen LogP contribution in [-0.4, -0.2) is 33.0 Å². The zero-order chi connectivity index (χ0) is 10.2. The molecule has 80 valence electrons. The molecule has 1 N–H and O–H groups in total. The molecule has 1 aliphatic carbocycles. The van der Waals surface area contributed by atoms with Crippen molar-refractivity contribution < 1.29 is 8.42 Å². The number of allylic oxidation sites excluding steroid dienone is 1. The summed E-state index contributed by atoms with van der Waals surface area (Å²) in [6, 6.07) is 0. The molecular weight excluding hydrogens is 198 g/mol. The predicted octanol–water partition coefficient (Wildman–Crippen LogP) is 0.873. The largest absolute Gasteiger partial charge is 0.309 e. The molecule has 0 bridgehead atoms. The highest BCUT2D eigenvalue weighted by molar-refractivity contribution is 7.91. The number of hydrogen-bond donors (Lipinski definition) is 1. The van der Waals surface area contributed by atoms with Crippen LogP contribution in [0.15, 0.2) is 11.1 Å². The first kappa shape index (κ1) is 10.2. The maximum absolute atomic E-state index is 11.4. The summed E-state index contributed by atoms with van der Waals surface area (Å²) < 4.78 is 22.8. The van der Waals surface area contributed by atoms with Crippen molar-refractivity contribution in [2.45, 2.75) is 30.9 Å². The smallest absolute Gasteiger partial charge is 0.150 e. The number of rotatable bonds is 1. The van der Waals surface area contributed by atoms with Gasteiger partial charge in [-0.05, 0) is 31.3 Å². The third-order valence-electron chi connectivity index (χ3n) is 3.26. The van der Waals surface area contributed by atoms with Gasteiger partial charge in [-0.15, -0.1) is 0 Å². The van der Waals surface area contributed by atoms with Crippen molar-refractivity contribution in [1.29, 1.82) is 0 Å². The fourth-order valence-electron chi connectivity index (χ4n) is 2.21. The standard InChI is InChI=1S/C10H17NO2S/c1-14(12,13)10-4-2-3-8(5-10)9-6-11-7-9/h10-11H,2-7H2,1H3. The second kappa shape index (κ2) is 3.66. The fourth-order valence-corrected chi connectivity index (χ4v) is 3.31. The Hall–Kier alpha value is -0.350. The van der Waals surface area contributed by atoms with Gasteiger partial charge >= 0.3 is 0 Å².